The van der Waals surface area contributed by atoms with E-state index in [0.29, 0.717) is 18.3 Å². The Hall–Kier alpha value is -1.92. The molecule has 1 aliphatic carbocycles. The minimum atomic E-state index is 0.0288. The van der Waals surface area contributed by atoms with Gasteiger partial charge in [-0.3, -0.25) is 9.89 Å². The lowest BCUT2D eigenvalue weighted by atomic mass is 10.2. The first-order valence-electron chi connectivity index (χ1n) is 8.08. The molecular weight excluding hydrogens is 338 g/mol. The fourth-order valence-corrected chi connectivity index (χ4v) is 4.50. The van der Waals surface area contributed by atoms with Crippen LogP contribution in [-0.2, 0) is 6.54 Å². The number of aryl methyl sites for hydroxylation is 2. The quantitative estimate of drug-likeness (QED) is 0.724. The summed E-state index contributed by atoms with van der Waals surface area (Å²) in [6, 6.07) is 8.50. The van der Waals surface area contributed by atoms with Gasteiger partial charge >= 0.3 is 0 Å². The highest BCUT2D eigenvalue weighted by atomic mass is 32.1. The van der Waals surface area contributed by atoms with Gasteiger partial charge in [-0.2, -0.15) is 5.10 Å². The van der Waals surface area contributed by atoms with Crippen molar-refractivity contribution in [1.82, 2.24) is 15.1 Å². The average Bonchev–Trinajstić information content (AvgIpc) is 2.96. The van der Waals surface area contributed by atoms with Crippen LogP contribution in [0.4, 0.5) is 0 Å². The number of nitrogens with zero attached hydrogens (tertiary/aromatic N) is 2. The zero-order valence-corrected chi connectivity index (χ0v) is 15.3. The predicted molar refractivity (Wildman–Crippen MR) is 98.6 cm³/mol. The fraction of sp³-hybridized carbons (Fsp3) is 0.333. The molecule has 1 saturated carbocycles. The van der Waals surface area contributed by atoms with Gasteiger partial charge in [0.1, 0.15) is 0 Å². The lowest BCUT2D eigenvalue weighted by Gasteiger charge is -2.21. The van der Waals surface area contributed by atoms with E-state index in [0.717, 1.165) is 23.4 Å². The van der Waals surface area contributed by atoms with Crippen LogP contribution < -0.4 is 0 Å². The molecule has 3 heterocycles. The van der Waals surface area contributed by atoms with Crippen molar-refractivity contribution in [3.63, 3.8) is 0 Å². The van der Waals surface area contributed by atoms with E-state index in [1.807, 2.05) is 11.0 Å². The van der Waals surface area contributed by atoms with Crippen LogP contribution in [0.15, 0.2) is 29.6 Å². The lowest BCUT2D eigenvalue weighted by Crippen LogP contribution is -2.32. The smallest absolute Gasteiger partial charge is 0.274 e. The summed E-state index contributed by atoms with van der Waals surface area (Å²) in [5, 5.41) is 9.38. The van der Waals surface area contributed by atoms with Crippen LogP contribution in [0.2, 0.25) is 0 Å². The average molecular weight is 358 g/mol. The molecule has 0 saturated heterocycles. The molecule has 0 atom stereocenters. The van der Waals surface area contributed by atoms with Crippen molar-refractivity contribution in [1.29, 1.82) is 0 Å². The van der Waals surface area contributed by atoms with E-state index in [4.69, 9.17) is 0 Å². The molecule has 6 heteroatoms. The van der Waals surface area contributed by atoms with Gasteiger partial charge in [-0.05, 0) is 61.9 Å². The third-order valence-corrected chi connectivity index (χ3v) is 6.38. The Bertz CT molecular complexity index is 872. The minimum Gasteiger partial charge on any atom is -0.329 e. The molecule has 4 nitrogen and oxygen atoms in total. The topological polar surface area (TPSA) is 49.0 Å². The van der Waals surface area contributed by atoms with Crippen LogP contribution in [0.1, 0.15) is 38.6 Å². The van der Waals surface area contributed by atoms with Gasteiger partial charge in [0.25, 0.3) is 5.91 Å². The van der Waals surface area contributed by atoms with Crippen molar-refractivity contribution in [2.45, 2.75) is 39.3 Å². The van der Waals surface area contributed by atoms with E-state index in [2.05, 4.69) is 47.6 Å². The molecule has 0 radical (unpaired) electrons. The molecular formula is C18H19N3OS2. The molecule has 3 aromatic heterocycles. The monoisotopic (exact) mass is 357 g/mol. The van der Waals surface area contributed by atoms with Crippen LogP contribution in [0.5, 0.6) is 0 Å². The van der Waals surface area contributed by atoms with Gasteiger partial charge in [-0.1, -0.05) is 0 Å². The van der Waals surface area contributed by atoms with E-state index in [1.54, 1.807) is 22.7 Å². The van der Waals surface area contributed by atoms with E-state index < -0.39 is 0 Å². The lowest BCUT2D eigenvalue weighted by molar-refractivity contribution is 0.0725. The minimum absolute atomic E-state index is 0.0288. The molecule has 0 bridgehead atoms. The number of amides is 1. The number of H-pyrrole nitrogens is 1. The number of carbonyl (C=O) groups excluding carboxylic acids is 1. The van der Waals surface area contributed by atoms with Gasteiger partial charge in [-0.15, -0.1) is 22.7 Å². The van der Waals surface area contributed by atoms with Gasteiger partial charge in [-0.25, -0.2) is 0 Å². The van der Waals surface area contributed by atoms with E-state index in [9.17, 15) is 4.79 Å². The molecule has 0 aliphatic heterocycles. The molecule has 3 aromatic rings. The Labute approximate surface area is 149 Å². The third-order valence-electron chi connectivity index (χ3n) is 4.33. The molecule has 0 spiro atoms. The Morgan fingerprint density at radius 2 is 2.17 bits per heavy atom. The highest BCUT2D eigenvalue weighted by molar-refractivity contribution is 7.15. The van der Waals surface area contributed by atoms with Crippen molar-refractivity contribution in [2.24, 2.45) is 0 Å². The molecule has 124 valence electrons. The number of aromatic nitrogens is 2. The van der Waals surface area contributed by atoms with Crippen LogP contribution in [0.3, 0.4) is 0 Å². The molecule has 1 aliphatic rings. The molecule has 0 aromatic carbocycles. The first-order valence-corrected chi connectivity index (χ1v) is 9.77. The van der Waals surface area contributed by atoms with Gasteiger partial charge in [0.15, 0.2) is 5.69 Å². The summed E-state index contributed by atoms with van der Waals surface area (Å²) in [5.74, 6) is 0.0288. The summed E-state index contributed by atoms with van der Waals surface area (Å²) in [4.78, 5) is 18.6. The maximum absolute atomic E-state index is 13.0. The number of aromatic amines is 1. The van der Waals surface area contributed by atoms with E-state index >= 15 is 0 Å². The summed E-state index contributed by atoms with van der Waals surface area (Å²) in [6.45, 7) is 4.87. The van der Waals surface area contributed by atoms with Crippen molar-refractivity contribution in [2.75, 3.05) is 0 Å². The number of rotatable bonds is 5. The summed E-state index contributed by atoms with van der Waals surface area (Å²) < 4.78 is 0. The standard InChI is InChI=1S/C18H19N3OS2/c1-11-7-8-23-17(11)10-21(13-4-5-13)18(22)15-9-14(19-20-15)16-6-3-12(2)24-16/h3,6-9,13H,4-5,10H2,1-2H3,(H,19,20). The normalized spacial score (nSPS) is 14.1. The second kappa shape index (κ2) is 6.18. The molecule has 1 N–H and O–H groups in total. The largest absolute Gasteiger partial charge is 0.329 e. The van der Waals surface area contributed by atoms with Gasteiger partial charge in [0.2, 0.25) is 0 Å². The predicted octanol–water partition coefficient (Wildman–Crippen LogP) is 4.62. The van der Waals surface area contributed by atoms with Crippen molar-refractivity contribution < 1.29 is 4.79 Å². The molecule has 0 unspecified atom stereocenters. The fourth-order valence-electron chi connectivity index (χ4n) is 2.76. The van der Waals surface area contributed by atoms with Crippen LogP contribution in [0, 0.1) is 13.8 Å². The van der Waals surface area contributed by atoms with Gasteiger partial charge < -0.3 is 4.90 Å². The van der Waals surface area contributed by atoms with Crippen LogP contribution >= 0.6 is 22.7 Å². The number of carbonyl (C=O) groups is 1. The zero-order chi connectivity index (χ0) is 16.7. The number of hydrogen-bond donors (Lipinski definition) is 1. The van der Waals surface area contributed by atoms with Crippen molar-refractivity contribution >= 4 is 28.6 Å². The van der Waals surface area contributed by atoms with E-state index in [-0.39, 0.29) is 5.91 Å². The zero-order valence-electron chi connectivity index (χ0n) is 13.7. The summed E-state index contributed by atoms with van der Waals surface area (Å²) in [5.41, 5.74) is 2.69. The molecule has 1 fully saturated rings. The summed E-state index contributed by atoms with van der Waals surface area (Å²) >= 11 is 3.42. The Balaban J connectivity index is 1.57. The maximum Gasteiger partial charge on any atom is 0.274 e. The second-order valence-corrected chi connectivity index (χ2v) is 8.56. The highest BCUT2D eigenvalue weighted by Gasteiger charge is 2.34. The van der Waals surface area contributed by atoms with E-state index in [1.165, 1.54) is 15.3 Å². The number of thiophene rings is 2. The Morgan fingerprint density at radius 1 is 1.33 bits per heavy atom. The van der Waals surface area contributed by atoms with Crippen molar-refractivity contribution in [3.8, 4) is 10.6 Å². The SMILES string of the molecule is Cc1ccc(-c2cc(C(=O)N(Cc3sccc3C)C3CC3)n[nH]2)s1. The summed E-state index contributed by atoms with van der Waals surface area (Å²) in [6.07, 6.45) is 2.19. The Morgan fingerprint density at radius 3 is 2.79 bits per heavy atom. The first-order chi connectivity index (χ1) is 11.6. The number of hydrogen-bond acceptors (Lipinski definition) is 4. The van der Waals surface area contributed by atoms with Crippen LogP contribution in [-0.4, -0.2) is 27.0 Å². The summed E-state index contributed by atoms with van der Waals surface area (Å²) in [7, 11) is 0. The highest BCUT2D eigenvalue weighted by Crippen LogP contribution is 2.32. The maximum atomic E-state index is 13.0. The van der Waals surface area contributed by atoms with Crippen LogP contribution in [0.25, 0.3) is 10.6 Å². The molecule has 1 amide bonds. The second-order valence-electron chi connectivity index (χ2n) is 6.27. The van der Waals surface area contributed by atoms with Crippen molar-refractivity contribution in [3.05, 3.63) is 50.7 Å². The van der Waals surface area contributed by atoms with Gasteiger partial charge in [0.05, 0.1) is 17.1 Å². The molecule has 4 rings (SSSR count). The number of nitrogens with one attached hydrogen (secondary N) is 1. The third kappa shape index (κ3) is 3.03. The van der Waals surface area contributed by atoms with Gasteiger partial charge in [0, 0.05) is 15.8 Å². The Kier molecular flexibility index (Phi) is 4.02. The molecule has 24 heavy (non-hydrogen) atoms. The first kappa shape index (κ1) is 15.6.